The van der Waals surface area contributed by atoms with Crippen molar-refractivity contribution in [3.8, 4) is 17.2 Å². The number of halogens is 1. The zero-order valence-electron chi connectivity index (χ0n) is 27.1. The molecular formula is C37H34FN3O6S2. The summed E-state index contributed by atoms with van der Waals surface area (Å²) < 4.78 is 32.0. The number of aliphatic hydroxyl groups is 1. The Kier molecular flexibility index (Phi) is 10.4. The first-order valence-corrected chi connectivity index (χ1v) is 17.5. The second kappa shape index (κ2) is 15.1. The van der Waals surface area contributed by atoms with Gasteiger partial charge in [0.05, 0.1) is 32.4 Å². The van der Waals surface area contributed by atoms with Gasteiger partial charge < -0.3 is 19.3 Å². The summed E-state index contributed by atoms with van der Waals surface area (Å²) in [6.07, 6.45) is 2.94. The van der Waals surface area contributed by atoms with Crippen molar-refractivity contribution in [2.45, 2.75) is 42.3 Å². The summed E-state index contributed by atoms with van der Waals surface area (Å²) in [4.78, 5) is 28.7. The quantitative estimate of drug-likeness (QED) is 0.0324. The molecule has 49 heavy (non-hydrogen) atoms. The molecule has 0 aliphatic carbocycles. The molecule has 1 aliphatic heterocycles. The van der Waals surface area contributed by atoms with Gasteiger partial charge in [0.1, 0.15) is 5.76 Å². The molecule has 0 spiro atoms. The molecule has 0 bridgehead atoms. The highest BCUT2D eigenvalue weighted by atomic mass is 32.2. The van der Waals surface area contributed by atoms with Gasteiger partial charge in [-0.05, 0) is 58.7 Å². The number of amides is 1. The van der Waals surface area contributed by atoms with E-state index in [2.05, 4.69) is 41.4 Å². The molecule has 0 unspecified atom stereocenters. The molecule has 0 saturated carbocycles. The third-order valence-corrected chi connectivity index (χ3v) is 10.3. The standard InChI is InChI=1S/C37H34FN3O6S2/c1-4-5-8-18-47-29-17-14-23(20-30(29)46-3)32-31(33(42)24-15-16-28(45-2)27(38)19-24)34(43)35(44)41(32)36-39-40-37(49-36)48-21-25-12-9-11-22-10-6-7-13-26(22)25/h6-7,9-17,19-20,32,42H,4-5,8,18,21H2,1-3H3/t32-/m0/s1. The van der Waals surface area contributed by atoms with Gasteiger partial charge in [-0.3, -0.25) is 14.5 Å². The molecule has 1 aliphatic rings. The van der Waals surface area contributed by atoms with Gasteiger partial charge in [0, 0.05) is 11.3 Å². The number of ketones is 1. The number of rotatable bonds is 13. The van der Waals surface area contributed by atoms with E-state index in [1.807, 2.05) is 18.2 Å². The van der Waals surface area contributed by atoms with Crippen LogP contribution in [0.2, 0.25) is 0 Å². The van der Waals surface area contributed by atoms with Gasteiger partial charge in [-0.1, -0.05) is 91.4 Å². The third-order valence-electron chi connectivity index (χ3n) is 8.21. The van der Waals surface area contributed by atoms with Crippen LogP contribution >= 0.6 is 23.1 Å². The molecule has 12 heteroatoms. The molecule has 4 aromatic carbocycles. The summed E-state index contributed by atoms with van der Waals surface area (Å²) in [6, 6.07) is 22.0. The van der Waals surface area contributed by atoms with E-state index in [1.54, 1.807) is 18.2 Å². The molecule has 1 amide bonds. The highest BCUT2D eigenvalue weighted by molar-refractivity contribution is 8.00. The number of hydrogen-bond donors (Lipinski definition) is 1. The average Bonchev–Trinajstić information content (AvgIpc) is 3.70. The number of aliphatic hydroxyl groups excluding tert-OH is 1. The van der Waals surface area contributed by atoms with Crippen molar-refractivity contribution in [3.05, 3.63) is 107 Å². The van der Waals surface area contributed by atoms with Crippen LogP contribution in [0.4, 0.5) is 9.52 Å². The zero-order valence-corrected chi connectivity index (χ0v) is 28.8. The molecule has 6 rings (SSSR count). The van der Waals surface area contributed by atoms with Crippen LogP contribution in [0.25, 0.3) is 16.5 Å². The van der Waals surface area contributed by atoms with E-state index in [0.717, 1.165) is 53.0 Å². The highest BCUT2D eigenvalue weighted by Gasteiger charge is 2.48. The van der Waals surface area contributed by atoms with Crippen molar-refractivity contribution >= 4 is 56.5 Å². The monoisotopic (exact) mass is 699 g/mol. The number of ether oxygens (including phenoxy) is 3. The molecule has 1 aromatic heterocycles. The first kappa shape index (κ1) is 33.9. The first-order chi connectivity index (χ1) is 23.8. The van der Waals surface area contributed by atoms with Gasteiger partial charge >= 0.3 is 5.91 Å². The van der Waals surface area contributed by atoms with Crippen LogP contribution in [0.15, 0.2) is 88.8 Å². The van der Waals surface area contributed by atoms with E-state index in [9.17, 15) is 19.1 Å². The number of Topliss-reactive ketones (excluding diaryl/α,β-unsaturated/α-hetero) is 1. The van der Waals surface area contributed by atoms with Gasteiger partial charge in [0.15, 0.2) is 27.4 Å². The Morgan fingerprint density at radius 1 is 0.939 bits per heavy atom. The van der Waals surface area contributed by atoms with Gasteiger partial charge in [0.25, 0.3) is 5.78 Å². The second-order valence-electron chi connectivity index (χ2n) is 11.3. The Morgan fingerprint density at radius 3 is 2.49 bits per heavy atom. The largest absolute Gasteiger partial charge is 0.507 e. The van der Waals surface area contributed by atoms with Crippen LogP contribution < -0.4 is 19.1 Å². The molecule has 0 radical (unpaired) electrons. The third kappa shape index (κ3) is 6.97. The van der Waals surface area contributed by atoms with Crippen molar-refractivity contribution in [1.82, 2.24) is 10.2 Å². The summed E-state index contributed by atoms with van der Waals surface area (Å²) in [7, 11) is 2.82. The van der Waals surface area contributed by atoms with Crippen LogP contribution in [0.5, 0.6) is 17.2 Å². The SMILES string of the molecule is CCCCCOc1ccc([C@H]2C(=C(O)c3ccc(OC)c(F)c3)C(=O)C(=O)N2c2nnc(SCc3cccc4ccccc34)s2)cc1OC. The Labute approximate surface area is 291 Å². The van der Waals surface area contributed by atoms with Crippen LogP contribution in [0, 0.1) is 5.82 Å². The number of carbonyl (C=O) groups is 2. The summed E-state index contributed by atoms with van der Waals surface area (Å²) in [5, 5.41) is 22.6. The summed E-state index contributed by atoms with van der Waals surface area (Å²) in [5.41, 5.74) is 1.35. The molecule has 2 heterocycles. The Bertz CT molecular complexity index is 2040. The second-order valence-corrected chi connectivity index (χ2v) is 13.4. The Balaban J connectivity index is 1.38. The molecule has 252 valence electrons. The Hall–Kier alpha value is -4.94. The van der Waals surface area contributed by atoms with Crippen molar-refractivity contribution in [2.75, 3.05) is 25.7 Å². The number of fused-ring (bicyclic) bond motifs is 1. The minimum Gasteiger partial charge on any atom is -0.507 e. The fourth-order valence-corrected chi connectivity index (χ4v) is 7.61. The lowest BCUT2D eigenvalue weighted by atomic mass is 9.95. The lowest BCUT2D eigenvalue weighted by Gasteiger charge is -2.23. The zero-order chi connectivity index (χ0) is 34.5. The number of hydrogen-bond acceptors (Lipinski definition) is 10. The van der Waals surface area contributed by atoms with E-state index >= 15 is 0 Å². The molecule has 1 saturated heterocycles. The maximum atomic E-state index is 14.7. The molecular weight excluding hydrogens is 666 g/mol. The van der Waals surface area contributed by atoms with Crippen molar-refractivity contribution in [3.63, 3.8) is 0 Å². The van der Waals surface area contributed by atoms with Gasteiger partial charge in [-0.25, -0.2) is 4.39 Å². The number of thioether (sulfide) groups is 1. The fourth-order valence-electron chi connectivity index (χ4n) is 5.74. The van der Waals surface area contributed by atoms with E-state index in [1.165, 1.54) is 43.0 Å². The summed E-state index contributed by atoms with van der Waals surface area (Å²) in [6.45, 7) is 2.60. The number of nitrogens with zero attached hydrogens (tertiary/aromatic N) is 3. The lowest BCUT2D eigenvalue weighted by Crippen LogP contribution is -2.29. The van der Waals surface area contributed by atoms with E-state index < -0.39 is 29.3 Å². The number of methoxy groups -OCH3 is 2. The number of benzene rings is 4. The van der Waals surface area contributed by atoms with Crippen LogP contribution in [-0.2, 0) is 15.3 Å². The van der Waals surface area contributed by atoms with Crippen molar-refractivity contribution in [2.24, 2.45) is 0 Å². The highest BCUT2D eigenvalue weighted by Crippen LogP contribution is 2.46. The normalized spacial score (nSPS) is 15.6. The molecule has 1 atom stereocenters. The molecule has 1 fully saturated rings. The van der Waals surface area contributed by atoms with Gasteiger partial charge in [0.2, 0.25) is 5.13 Å². The molecule has 1 N–H and O–H groups in total. The fraction of sp³-hybridized carbons (Fsp3) is 0.243. The number of aromatic nitrogens is 2. The number of unbranched alkanes of at least 4 members (excludes halogenated alkanes) is 2. The lowest BCUT2D eigenvalue weighted by molar-refractivity contribution is -0.132. The molecule has 5 aromatic rings. The van der Waals surface area contributed by atoms with Crippen LogP contribution in [-0.4, -0.2) is 47.8 Å². The number of carbonyl (C=O) groups excluding carboxylic acids is 2. The topological polar surface area (TPSA) is 111 Å². The van der Waals surface area contributed by atoms with Crippen LogP contribution in [0.1, 0.15) is 48.9 Å². The molecule has 9 nitrogen and oxygen atoms in total. The van der Waals surface area contributed by atoms with E-state index in [-0.39, 0.29) is 22.0 Å². The average molecular weight is 700 g/mol. The van der Waals surface area contributed by atoms with Gasteiger partial charge in [-0.2, -0.15) is 0 Å². The smallest absolute Gasteiger partial charge is 0.301 e. The predicted molar refractivity (Wildman–Crippen MR) is 189 cm³/mol. The van der Waals surface area contributed by atoms with Gasteiger partial charge in [-0.15, -0.1) is 10.2 Å². The van der Waals surface area contributed by atoms with E-state index in [4.69, 9.17) is 14.2 Å². The minimum atomic E-state index is -1.13. The van der Waals surface area contributed by atoms with E-state index in [0.29, 0.717) is 33.8 Å². The number of anilines is 1. The van der Waals surface area contributed by atoms with Crippen molar-refractivity contribution < 1.29 is 33.3 Å². The maximum absolute atomic E-state index is 14.7. The summed E-state index contributed by atoms with van der Waals surface area (Å²) >= 11 is 2.63. The predicted octanol–water partition coefficient (Wildman–Crippen LogP) is 8.34. The van der Waals surface area contributed by atoms with Crippen molar-refractivity contribution in [1.29, 1.82) is 0 Å². The maximum Gasteiger partial charge on any atom is 0.301 e. The first-order valence-electron chi connectivity index (χ1n) is 15.7. The Morgan fingerprint density at radius 2 is 1.71 bits per heavy atom. The van der Waals surface area contributed by atoms with Crippen LogP contribution in [0.3, 0.4) is 0 Å². The minimum absolute atomic E-state index is 0.00717. The summed E-state index contributed by atoms with van der Waals surface area (Å²) in [5.74, 6) is -1.66.